The molecule has 0 spiro atoms. The van der Waals surface area contributed by atoms with Gasteiger partial charge in [0.1, 0.15) is 10.4 Å². The molecule has 2 heterocycles. The highest BCUT2D eigenvalue weighted by atomic mass is 32.2. The van der Waals surface area contributed by atoms with Crippen LogP contribution in [0.4, 0.5) is 0 Å². The lowest BCUT2D eigenvalue weighted by Gasteiger charge is -2.27. The highest BCUT2D eigenvalue weighted by molar-refractivity contribution is 8.26. The summed E-state index contributed by atoms with van der Waals surface area (Å²) >= 11 is 6.39. The number of rotatable bonds is 5. The van der Waals surface area contributed by atoms with Crippen LogP contribution in [0.5, 0.6) is 0 Å². The van der Waals surface area contributed by atoms with Crippen LogP contribution >= 0.6 is 24.0 Å². The predicted molar refractivity (Wildman–Crippen MR) is 91.3 cm³/mol. The third-order valence-corrected chi connectivity index (χ3v) is 5.02. The van der Waals surface area contributed by atoms with Crippen molar-refractivity contribution in [2.24, 2.45) is 13.0 Å². The molecule has 1 aliphatic rings. The van der Waals surface area contributed by atoms with E-state index in [0.29, 0.717) is 15.6 Å². The maximum Gasteiger partial charge on any atom is 0.327 e. The monoisotopic (exact) mass is 338 g/mol. The van der Waals surface area contributed by atoms with Gasteiger partial charge in [-0.1, -0.05) is 44.2 Å². The molecule has 1 saturated heterocycles. The van der Waals surface area contributed by atoms with E-state index >= 15 is 0 Å². The van der Waals surface area contributed by atoms with Crippen LogP contribution in [0.25, 0.3) is 6.08 Å². The Balaban J connectivity index is 2.32. The van der Waals surface area contributed by atoms with Crippen molar-refractivity contribution in [2.45, 2.75) is 26.3 Å². The molecular weight excluding hydrogens is 320 g/mol. The van der Waals surface area contributed by atoms with E-state index in [9.17, 15) is 14.7 Å². The lowest BCUT2D eigenvalue weighted by molar-refractivity contribution is -0.147. The molecule has 0 saturated carbocycles. The van der Waals surface area contributed by atoms with Gasteiger partial charge in [-0.05, 0) is 23.6 Å². The summed E-state index contributed by atoms with van der Waals surface area (Å²) in [7, 11) is 1.89. The largest absolute Gasteiger partial charge is 0.480 e. The summed E-state index contributed by atoms with van der Waals surface area (Å²) < 4.78 is 2.19. The number of aryl methyl sites for hydroxylation is 1. The molecule has 1 fully saturated rings. The van der Waals surface area contributed by atoms with E-state index in [2.05, 4.69) is 0 Å². The molecule has 1 amide bonds. The number of carbonyl (C=O) groups is 2. The summed E-state index contributed by atoms with van der Waals surface area (Å²) in [5.41, 5.74) is 0.887. The Bertz CT molecular complexity index is 651. The Morgan fingerprint density at radius 1 is 1.55 bits per heavy atom. The molecule has 0 aromatic carbocycles. The highest BCUT2D eigenvalue weighted by Crippen LogP contribution is 2.35. The summed E-state index contributed by atoms with van der Waals surface area (Å²) in [4.78, 5) is 25.8. The molecule has 0 radical (unpaired) electrons. The van der Waals surface area contributed by atoms with Gasteiger partial charge in [0.2, 0.25) is 0 Å². The van der Waals surface area contributed by atoms with Crippen LogP contribution in [0.3, 0.4) is 0 Å². The summed E-state index contributed by atoms with van der Waals surface area (Å²) in [6.45, 7) is 3.72. The van der Waals surface area contributed by atoms with Crippen molar-refractivity contribution in [2.75, 3.05) is 0 Å². The van der Waals surface area contributed by atoms with Crippen molar-refractivity contribution in [1.29, 1.82) is 0 Å². The average Bonchev–Trinajstić information content (AvgIpc) is 2.97. The molecule has 0 aliphatic carbocycles. The van der Waals surface area contributed by atoms with Gasteiger partial charge in [0, 0.05) is 19.4 Å². The first-order chi connectivity index (χ1) is 10.3. The second kappa shape index (κ2) is 6.66. The minimum atomic E-state index is -1.02. The van der Waals surface area contributed by atoms with Crippen molar-refractivity contribution in [3.63, 3.8) is 0 Å². The highest BCUT2D eigenvalue weighted by Gasteiger charge is 2.42. The summed E-state index contributed by atoms with van der Waals surface area (Å²) in [5, 5.41) is 9.46. The fraction of sp³-hybridized carbons (Fsp3) is 0.400. The third-order valence-electron chi connectivity index (χ3n) is 3.69. The molecule has 1 aromatic heterocycles. The molecule has 1 N–H and O–H groups in total. The molecule has 2 rings (SSSR count). The fourth-order valence-electron chi connectivity index (χ4n) is 2.31. The zero-order valence-electron chi connectivity index (χ0n) is 12.6. The third kappa shape index (κ3) is 3.25. The van der Waals surface area contributed by atoms with Gasteiger partial charge in [-0.2, -0.15) is 0 Å². The number of aromatic nitrogens is 1. The molecule has 2 atom stereocenters. The van der Waals surface area contributed by atoms with Crippen molar-refractivity contribution < 1.29 is 14.7 Å². The van der Waals surface area contributed by atoms with E-state index in [-0.39, 0.29) is 11.8 Å². The van der Waals surface area contributed by atoms with E-state index in [4.69, 9.17) is 12.2 Å². The van der Waals surface area contributed by atoms with Crippen LogP contribution < -0.4 is 0 Å². The molecule has 7 heteroatoms. The number of carbonyl (C=O) groups excluding carboxylic acids is 1. The first-order valence-electron chi connectivity index (χ1n) is 6.97. The Morgan fingerprint density at radius 3 is 2.73 bits per heavy atom. The molecule has 1 aromatic rings. The Labute approximate surface area is 139 Å². The minimum absolute atomic E-state index is 0.170. The van der Waals surface area contributed by atoms with Crippen LogP contribution in [0.2, 0.25) is 0 Å². The predicted octanol–water partition coefficient (Wildman–Crippen LogP) is 2.73. The fourth-order valence-corrected chi connectivity index (χ4v) is 3.64. The van der Waals surface area contributed by atoms with Gasteiger partial charge in [0.25, 0.3) is 5.91 Å². The first kappa shape index (κ1) is 16.8. The Kier molecular flexibility index (Phi) is 5.08. The number of nitrogens with zero attached hydrogens (tertiary/aromatic N) is 2. The van der Waals surface area contributed by atoms with Gasteiger partial charge < -0.3 is 9.67 Å². The second-order valence-corrected chi connectivity index (χ2v) is 7.01. The number of carboxylic acids is 1. The van der Waals surface area contributed by atoms with Gasteiger partial charge in [-0.3, -0.25) is 9.69 Å². The lowest BCUT2D eigenvalue weighted by atomic mass is 9.98. The summed E-state index contributed by atoms with van der Waals surface area (Å²) in [6.07, 6.45) is 6.17. The minimum Gasteiger partial charge on any atom is -0.480 e. The van der Waals surface area contributed by atoms with Crippen molar-refractivity contribution in [3.8, 4) is 0 Å². The average molecular weight is 338 g/mol. The Hall–Kier alpha value is -1.60. The van der Waals surface area contributed by atoms with E-state index in [0.717, 1.165) is 17.3 Å². The van der Waals surface area contributed by atoms with Crippen LogP contribution in [0.1, 0.15) is 25.8 Å². The second-order valence-electron chi connectivity index (χ2n) is 5.33. The van der Waals surface area contributed by atoms with E-state index in [1.807, 2.05) is 43.9 Å². The first-order valence-corrected chi connectivity index (χ1v) is 8.19. The van der Waals surface area contributed by atoms with Gasteiger partial charge in [0.15, 0.2) is 0 Å². The molecular formula is C15H18N2O3S2. The molecule has 118 valence electrons. The number of carboxylic acid groups (broad SMARTS) is 1. The Morgan fingerprint density at radius 2 is 2.23 bits per heavy atom. The van der Waals surface area contributed by atoms with Crippen LogP contribution in [-0.2, 0) is 16.6 Å². The quantitative estimate of drug-likeness (QED) is 0.661. The molecule has 0 bridgehead atoms. The van der Waals surface area contributed by atoms with Gasteiger partial charge in [0.05, 0.1) is 4.91 Å². The van der Waals surface area contributed by atoms with Gasteiger partial charge >= 0.3 is 5.97 Å². The van der Waals surface area contributed by atoms with Crippen molar-refractivity contribution >= 4 is 46.3 Å². The number of thioether (sulfide) groups is 1. The van der Waals surface area contributed by atoms with Crippen molar-refractivity contribution in [1.82, 2.24) is 9.47 Å². The van der Waals surface area contributed by atoms with Crippen molar-refractivity contribution in [3.05, 3.63) is 28.9 Å². The summed E-state index contributed by atoms with van der Waals surface area (Å²) in [5.74, 6) is -1.52. The van der Waals surface area contributed by atoms with Gasteiger partial charge in [-0.25, -0.2) is 4.79 Å². The van der Waals surface area contributed by atoms with Crippen LogP contribution in [0.15, 0.2) is 23.4 Å². The number of aliphatic carboxylic acids is 1. The summed E-state index contributed by atoms with van der Waals surface area (Å²) in [6, 6.07) is 0.967. The SMILES string of the molecule is CC[C@@H](C)[C@H](C(=O)O)N1C(=O)/C(=C\c2ccn(C)c2)SC1=S. The molecule has 1 aliphatic heterocycles. The smallest absolute Gasteiger partial charge is 0.327 e. The maximum absolute atomic E-state index is 12.6. The van der Waals surface area contributed by atoms with E-state index in [1.165, 1.54) is 4.90 Å². The number of hydrogen-bond donors (Lipinski definition) is 1. The number of thiocarbonyl (C=S) groups is 1. The van der Waals surface area contributed by atoms with Crippen LogP contribution in [0, 0.1) is 5.92 Å². The molecule has 22 heavy (non-hydrogen) atoms. The van der Waals surface area contributed by atoms with Crippen LogP contribution in [-0.4, -0.2) is 36.8 Å². The zero-order chi connectivity index (χ0) is 16.4. The zero-order valence-corrected chi connectivity index (χ0v) is 14.3. The maximum atomic E-state index is 12.6. The lowest BCUT2D eigenvalue weighted by Crippen LogP contribution is -2.47. The van der Waals surface area contributed by atoms with Gasteiger partial charge in [-0.15, -0.1) is 0 Å². The standard InChI is InChI=1S/C15H18N2O3S2/c1-4-9(2)12(14(19)20)17-13(18)11(22-15(17)21)7-10-5-6-16(3)8-10/h5-9,12H,4H2,1-3H3,(H,19,20)/b11-7+/t9-,12-/m1/s1. The number of hydrogen-bond acceptors (Lipinski definition) is 4. The van der Waals surface area contributed by atoms with E-state index in [1.54, 1.807) is 6.08 Å². The number of amides is 1. The normalized spacial score (nSPS) is 19.8. The topological polar surface area (TPSA) is 62.5 Å². The molecule has 5 nitrogen and oxygen atoms in total. The van der Waals surface area contributed by atoms with E-state index < -0.39 is 12.0 Å². The molecule has 0 unspecified atom stereocenters.